The van der Waals surface area contributed by atoms with Crippen LogP contribution in [0.5, 0.6) is 5.75 Å². The minimum absolute atomic E-state index is 0.191. The van der Waals surface area contributed by atoms with Gasteiger partial charge in [0, 0.05) is 0 Å². The van der Waals surface area contributed by atoms with Crippen molar-refractivity contribution in [3.05, 3.63) is 28.2 Å². The van der Waals surface area contributed by atoms with Crippen LogP contribution in [0.2, 0.25) is 10.0 Å². The Bertz CT molecular complexity index is 549. The number of nitriles is 1. The molecule has 20 heavy (non-hydrogen) atoms. The van der Waals surface area contributed by atoms with Crippen molar-refractivity contribution in [2.75, 3.05) is 6.61 Å². The zero-order chi connectivity index (χ0) is 14.6. The first-order chi connectivity index (χ1) is 9.56. The normalized spacial score (nSPS) is 16.4. The summed E-state index contributed by atoms with van der Waals surface area (Å²) in [6, 6.07) is 7.16. The molecule has 0 radical (unpaired) electrons. The average Bonchev–Trinajstić information content (AvgIpc) is 2.89. The van der Waals surface area contributed by atoms with Crippen molar-refractivity contribution in [1.82, 2.24) is 5.32 Å². The van der Waals surface area contributed by atoms with Gasteiger partial charge in [-0.05, 0) is 37.8 Å². The van der Waals surface area contributed by atoms with Gasteiger partial charge >= 0.3 is 0 Å². The lowest BCUT2D eigenvalue weighted by molar-refractivity contribution is -0.124. The topological polar surface area (TPSA) is 62.1 Å². The Morgan fingerprint density at radius 2 is 2.10 bits per heavy atom. The number of rotatable bonds is 4. The Morgan fingerprint density at radius 1 is 1.40 bits per heavy atom. The number of nitrogens with zero attached hydrogens (tertiary/aromatic N) is 1. The van der Waals surface area contributed by atoms with Gasteiger partial charge in [0.25, 0.3) is 5.91 Å². The van der Waals surface area contributed by atoms with E-state index in [0.717, 1.165) is 12.8 Å². The third-order valence-corrected chi connectivity index (χ3v) is 4.13. The third-order valence-electron chi connectivity index (χ3n) is 3.32. The van der Waals surface area contributed by atoms with Crippen LogP contribution in [0, 0.1) is 11.3 Å². The van der Waals surface area contributed by atoms with Gasteiger partial charge < -0.3 is 10.1 Å². The predicted molar refractivity (Wildman–Crippen MR) is 76.9 cm³/mol. The van der Waals surface area contributed by atoms with Crippen LogP contribution in [0.1, 0.15) is 25.7 Å². The standard InChI is InChI=1S/C14H14Cl2N2O2/c15-10-4-3-5-11(13(10)16)20-8-12(19)18-14(9-17)6-1-2-7-14/h3-5H,1-2,6-8H2,(H,18,19). The Balaban J connectivity index is 1.93. The van der Waals surface area contributed by atoms with Crippen molar-refractivity contribution in [3.8, 4) is 11.8 Å². The number of benzene rings is 1. The summed E-state index contributed by atoms with van der Waals surface area (Å²) in [5.41, 5.74) is -0.738. The largest absolute Gasteiger partial charge is 0.482 e. The van der Waals surface area contributed by atoms with E-state index in [9.17, 15) is 10.1 Å². The summed E-state index contributed by atoms with van der Waals surface area (Å²) in [6.07, 6.45) is 3.28. The van der Waals surface area contributed by atoms with E-state index in [0.29, 0.717) is 23.6 Å². The van der Waals surface area contributed by atoms with E-state index in [2.05, 4.69) is 11.4 Å². The van der Waals surface area contributed by atoms with Gasteiger partial charge in [0.05, 0.1) is 11.1 Å². The van der Waals surface area contributed by atoms with Crippen LogP contribution >= 0.6 is 23.2 Å². The zero-order valence-electron chi connectivity index (χ0n) is 10.8. The minimum Gasteiger partial charge on any atom is -0.482 e. The predicted octanol–water partition coefficient (Wildman–Crippen LogP) is 3.32. The van der Waals surface area contributed by atoms with Crippen molar-refractivity contribution in [1.29, 1.82) is 5.26 Å². The SMILES string of the molecule is N#CC1(NC(=O)COc2cccc(Cl)c2Cl)CCCC1. The lowest BCUT2D eigenvalue weighted by Gasteiger charge is -2.22. The van der Waals surface area contributed by atoms with Gasteiger partial charge in [0.15, 0.2) is 6.61 Å². The van der Waals surface area contributed by atoms with E-state index in [-0.39, 0.29) is 17.5 Å². The number of carbonyl (C=O) groups is 1. The molecule has 0 saturated heterocycles. The van der Waals surface area contributed by atoms with Gasteiger partial charge in [0.1, 0.15) is 16.3 Å². The van der Waals surface area contributed by atoms with Crippen molar-refractivity contribution < 1.29 is 9.53 Å². The van der Waals surface area contributed by atoms with Crippen LogP contribution in [-0.4, -0.2) is 18.1 Å². The molecule has 1 saturated carbocycles. The summed E-state index contributed by atoms with van der Waals surface area (Å²) in [4.78, 5) is 11.9. The van der Waals surface area contributed by atoms with Gasteiger partial charge in [-0.1, -0.05) is 29.3 Å². The second-order valence-corrected chi connectivity index (χ2v) is 5.57. The highest BCUT2D eigenvalue weighted by Crippen LogP contribution is 2.31. The van der Waals surface area contributed by atoms with Crippen molar-refractivity contribution in [2.45, 2.75) is 31.2 Å². The molecular formula is C14H14Cl2N2O2. The Labute approximate surface area is 127 Å². The fourth-order valence-electron chi connectivity index (χ4n) is 2.29. The molecule has 106 valence electrons. The molecule has 0 aromatic heterocycles. The Morgan fingerprint density at radius 3 is 2.75 bits per heavy atom. The first kappa shape index (κ1) is 15.0. The number of nitrogens with one attached hydrogen (secondary N) is 1. The van der Waals surface area contributed by atoms with Crippen LogP contribution in [-0.2, 0) is 4.79 Å². The molecule has 0 aliphatic heterocycles. The molecular weight excluding hydrogens is 299 g/mol. The van der Waals surface area contributed by atoms with E-state index in [1.165, 1.54) is 0 Å². The van der Waals surface area contributed by atoms with E-state index in [1.807, 2.05) is 0 Å². The summed E-state index contributed by atoms with van der Waals surface area (Å²) < 4.78 is 5.34. The molecule has 4 nitrogen and oxygen atoms in total. The Kier molecular flexibility index (Phi) is 4.74. The quantitative estimate of drug-likeness (QED) is 0.927. The molecule has 1 aromatic rings. The van der Waals surface area contributed by atoms with Gasteiger partial charge in [-0.3, -0.25) is 4.79 Å². The number of hydrogen-bond donors (Lipinski definition) is 1. The molecule has 1 aliphatic rings. The molecule has 2 rings (SSSR count). The second kappa shape index (κ2) is 6.34. The molecule has 0 spiro atoms. The van der Waals surface area contributed by atoms with E-state index >= 15 is 0 Å². The maximum absolute atomic E-state index is 11.9. The number of hydrogen-bond acceptors (Lipinski definition) is 3. The highest BCUT2D eigenvalue weighted by molar-refractivity contribution is 6.42. The van der Waals surface area contributed by atoms with E-state index in [4.69, 9.17) is 27.9 Å². The van der Waals surface area contributed by atoms with Gasteiger partial charge in [-0.15, -0.1) is 0 Å². The summed E-state index contributed by atoms with van der Waals surface area (Å²) in [5.74, 6) is 0.0243. The van der Waals surface area contributed by atoms with Crippen LogP contribution in [0.4, 0.5) is 0 Å². The van der Waals surface area contributed by atoms with E-state index in [1.54, 1.807) is 18.2 Å². The first-order valence-electron chi connectivity index (χ1n) is 6.35. The fourth-order valence-corrected chi connectivity index (χ4v) is 2.63. The van der Waals surface area contributed by atoms with Crippen LogP contribution in [0.25, 0.3) is 0 Å². The maximum Gasteiger partial charge on any atom is 0.259 e. The smallest absolute Gasteiger partial charge is 0.259 e. The first-order valence-corrected chi connectivity index (χ1v) is 7.11. The van der Waals surface area contributed by atoms with Gasteiger partial charge in [-0.25, -0.2) is 0 Å². The molecule has 1 N–H and O–H groups in total. The fraction of sp³-hybridized carbons (Fsp3) is 0.429. The average molecular weight is 313 g/mol. The lowest BCUT2D eigenvalue weighted by Crippen LogP contribution is -2.47. The van der Waals surface area contributed by atoms with Gasteiger partial charge in [-0.2, -0.15) is 5.26 Å². The highest BCUT2D eigenvalue weighted by atomic mass is 35.5. The second-order valence-electron chi connectivity index (χ2n) is 4.79. The summed E-state index contributed by atoms with van der Waals surface area (Å²) in [7, 11) is 0. The van der Waals surface area contributed by atoms with Gasteiger partial charge in [0.2, 0.25) is 0 Å². The molecule has 1 amide bonds. The van der Waals surface area contributed by atoms with E-state index < -0.39 is 5.54 Å². The summed E-state index contributed by atoms with van der Waals surface area (Å²) in [6.45, 7) is -0.191. The number of halogens is 2. The molecule has 0 atom stereocenters. The van der Waals surface area contributed by atoms with Crippen LogP contribution in [0.15, 0.2) is 18.2 Å². The third kappa shape index (κ3) is 3.36. The maximum atomic E-state index is 11.9. The summed E-state index contributed by atoms with van der Waals surface area (Å²) >= 11 is 11.8. The number of ether oxygens (including phenoxy) is 1. The minimum atomic E-state index is -0.738. The van der Waals surface area contributed by atoms with Crippen molar-refractivity contribution >= 4 is 29.1 Å². The molecule has 1 aromatic carbocycles. The molecule has 0 heterocycles. The van der Waals surface area contributed by atoms with Crippen LogP contribution in [0.3, 0.4) is 0 Å². The zero-order valence-corrected chi connectivity index (χ0v) is 12.3. The Hall–Kier alpha value is -1.44. The monoisotopic (exact) mass is 312 g/mol. The van der Waals surface area contributed by atoms with Crippen LogP contribution < -0.4 is 10.1 Å². The highest BCUT2D eigenvalue weighted by Gasteiger charge is 2.35. The molecule has 0 unspecified atom stereocenters. The molecule has 0 bridgehead atoms. The lowest BCUT2D eigenvalue weighted by atomic mass is 10.00. The molecule has 1 aliphatic carbocycles. The summed E-state index contributed by atoms with van der Waals surface area (Å²) in [5, 5.41) is 12.6. The molecule has 1 fully saturated rings. The van der Waals surface area contributed by atoms with Crippen molar-refractivity contribution in [2.24, 2.45) is 0 Å². The van der Waals surface area contributed by atoms with Crippen molar-refractivity contribution in [3.63, 3.8) is 0 Å². The molecule has 6 heteroatoms. The number of amides is 1. The number of carbonyl (C=O) groups excluding carboxylic acids is 1.